The van der Waals surface area contributed by atoms with Gasteiger partial charge in [-0.15, -0.1) is 0 Å². The lowest BCUT2D eigenvalue weighted by atomic mass is 9.89. The van der Waals surface area contributed by atoms with Crippen LogP contribution in [0.25, 0.3) is 0 Å². The van der Waals surface area contributed by atoms with Gasteiger partial charge in [-0.25, -0.2) is 13.6 Å². The number of nitrogens with zero attached hydrogens (tertiary/aromatic N) is 2. The van der Waals surface area contributed by atoms with E-state index >= 15 is 0 Å². The summed E-state index contributed by atoms with van der Waals surface area (Å²) in [6.07, 6.45) is 0.944. The van der Waals surface area contributed by atoms with Crippen molar-refractivity contribution in [3.8, 4) is 0 Å². The predicted molar refractivity (Wildman–Crippen MR) is 97.7 cm³/mol. The highest BCUT2D eigenvalue weighted by Gasteiger charge is 2.62. The Hall–Kier alpha value is -1.74. The third kappa shape index (κ3) is 5.00. The van der Waals surface area contributed by atoms with Crippen molar-refractivity contribution in [2.45, 2.75) is 64.6 Å². The third-order valence-corrected chi connectivity index (χ3v) is 4.77. The first-order chi connectivity index (χ1) is 12.8. The monoisotopic (exact) mass is 404 g/mol. The number of halogens is 2. The zero-order chi connectivity index (χ0) is 21.3. The second kappa shape index (κ2) is 7.94. The van der Waals surface area contributed by atoms with Gasteiger partial charge in [0.25, 0.3) is 5.92 Å². The number of carbonyl (C=O) groups is 2. The van der Waals surface area contributed by atoms with Crippen LogP contribution in [0, 0.1) is 5.41 Å². The van der Waals surface area contributed by atoms with Crippen LogP contribution in [0.1, 0.15) is 41.0 Å². The molecular weight excluding hydrogens is 374 g/mol. The molecule has 2 fully saturated rings. The Morgan fingerprint density at radius 3 is 2.50 bits per heavy atom. The summed E-state index contributed by atoms with van der Waals surface area (Å²) in [5, 5.41) is 1.19. The summed E-state index contributed by atoms with van der Waals surface area (Å²) < 4.78 is 39.6. The van der Waals surface area contributed by atoms with Crippen molar-refractivity contribution >= 4 is 12.1 Å². The second-order valence-corrected chi connectivity index (χ2v) is 8.84. The molecule has 0 unspecified atom stereocenters. The Kier molecular flexibility index (Phi) is 6.40. The minimum Gasteiger partial charge on any atom is -0.461 e. The molecule has 1 amide bonds. The normalized spacial score (nSPS) is 24.8. The Bertz CT molecular complexity index is 618. The van der Waals surface area contributed by atoms with E-state index in [1.165, 1.54) is 11.1 Å². The van der Waals surface area contributed by atoms with Crippen LogP contribution >= 0.6 is 0 Å². The molecule has 0 spiro atoms. The van der Waals surface area contributed by atoms with E-state index < -0.39 is 47.6 Å². The largest absolute Gasteiger partial charge is 0.461 e. The van der Waals surface area contributed by atoms with Gasteiger partial charge in [0.05, 0.1) is 24.6 Å². The maximum absolute atomic E-state index is 14.7. The number of hydrogen-bond donors (Lipinski definition) is 0. The lowest BCUT2D eigenvalue weighted by molar-refractivity contribution is -0.186. The molecule has 28 heavy (non-hydrogen) atoms. The van der Waals surface area contributed by atoms with Crippen LogP contribution in [0.2, 0.25) is 0 Å². The zero-order valence-corrected chi connectivity index (χ0v) is 17.2. The molecule has 2 rings (SSSR count). The molecule has 0 bridgehead atoms. The van der Waals surface area contributed by atoms with Crippen LogP contribution in [0.3, 0.4) is 0 Å². The molecule has 0 saturated carbocycles. The maximum atomic E-state index is 14.7. The number of fused-ring (bicyclic) bond motifs is 1. The van der Waals surface area contributed by atoms with Crippen molar-refractivity contribution in [3.63, 3.8) is 0 Å². The number of esters is 1. The summed E-state index contributed by atoms with van der Waals surface area (Å²) >= 11 is 0. The summed E-state index contributed by atoms with van der Waals surface area (Å²) in [5.74, 6) is -3.58. The summed E-state index contributed by atoms with van der Waals surface area (Å²) in [7, 11) is 0. The highest BCUT2D eigenvalue weighted by Crippen LogP contribution is 2.41. The molecule has 0 aromatic rings. The summed E-state index contributed by atoms with van der Waals surface area (Å²) in [5.41, 5.74) is -1.65. The van der Waals surface area contributed by atoms with Crippen molar-refractivity contribution in [2.24, 2.45) is 5.41 Å². The molecule has 7 nitrogen and oxygen atoms in total. The number of amides is 1. The van der Waals surface area contributed by atoms with Gasteiger partial charge in [-0.05, 0) is 41.0 Å². The fourth-order valence-corrected chi connectivity index (χ4v) is 3.27. The molecule has 160 valence electrons. The number of rotatable bonds is 6. The van der Waals surface area contributed by atoms with Crippen molar-refractivity contribution in [1.82, 2.24) is 9.96 Å². The van der Waals surface area contributed by atoms with Crippen LogP contribution in [-0.4, -0.2) is 71.9 Å². The van der Waals surface area contributed by atoms with Crippen LogP contribution in [-0.2, 0) is 19.1 Å². The molecule has 2 atom stereocenters. The Labute approximate surface area is 164 Å². The van der Waals surface area contributed by atoms with E-state index in [2.05, 4.69) is 6.58 Å². The number of ether oxygens (including phenoxy) is 2. The smallest absolute Gasteiger partial charge is 0.410 e. The van der Waals surface area contributed by atoms with Gasteiger partial charge < -0.3 is 9.47 Å². The van der Waals surface area contributed by atoms with Gasteiger partial charge in [0.15, 0.2) is 0 Å². The van der Waals surface area contributed by atoms with Crippen molar-refractivity contribution in [1.29, 1.82) is 0 Å². The topological polar surface area (TPSA) is 68.3 Å². The fraction of sp³-hybridized carbons (Fsp3) is 0.789. The zero-order valence-electron chi connectivity index (χ0n) is 17.2. The molecule has 0 aliphatic carbocycles. The van der Waals surface area contributed by atoms with Gasteiger partial charge >= 0.3 is 12.1 Å². The van der Waals surface area contributed by atoms with Crippen LogP contribution in [0.4, 0.5) is 13.6 Å². The average Bonchev–Trinajstić information content (AvgIpc) is 3.09. The first kappa shape index (κ1) is 22.5. The average molecular weight is 404 g/mol. The standard InChI is InChI=1S/C19H30F2N2O5/c1-7-10-26-15(24)18(5,6)8-9-23-14-13(11-27-23)22(12-19(14,20)21)16(25)28-17(2,3)4/h7,13-14H,1,8-12H2,2-6H3/t13-,14+/m1/s1. The number of carbonyl (C=O) groups excluding carboxylic acids is 2. The van der Waals surface area contributed by atoms with Crippen molar-refractivity contribution in [3.05, 3.63) is 12.7 Å². The minimum atomic E-state index is -3.15. The summed E-state index contributed by atoms with van der Waals surface area (Å²) in [6, 6.07) is -2.08. The Morgan fingerprint density at radius 2 is 1.93 bits per heavy atom. The number of hydroxylamine groups is 2. The molecule has 2 aliphatic heterocycles. The highest BCUT2D eigenvalue weighted by molar-refractivity contribution is 5.76. The lowest BCUT2D eigenvalue weighted by Crippen LogP contribution is -2.46. The van der Waals surface area contributed by atoms with Crippen molar-refractivity contribution < 1.29 is 32.7 Å². The third-order valence-electron chi connectivity index (χ3n) is 4.77. The van der Waals surface area contributed by atoms with Gasteiger partial charge in [0.1, 0.15) is 18.2 Å². The lowest BCUT2D eigenvalue weighted by Gasteiger charge is -2.29. The molecule has 0 N–H and O–H groups in total. The molecule has 2 aliphatic rings. The fourth-order valence-electron chi connectivity index (χ4n) is 3.27. The Morgan fingerprint density at radius 1 is 1.29 bits per heavy atom. The first-order valence-electron chi connectivity index (χ1n) is 9.33. The van der Waals surface area contributed by atoms with Crippen molar-refractivity contribution in [2.75, 3.05) is 26.3 Å². The van der Waals surface area contributed by atoms with E-state index in [1.54, 1.807) is 34.6 Å². The molecule has 0 aromatic heterocycles. The highest BCUT2D eigenvalue weighted by atomic mass is 19.3. The van der Waals surface area contributed by atoms with E-state index in [-0.39, 0.29) is 26.2 Å². The van der Waals surface area contributed by atoms with E-state index in [9.17, 15) is 18.4 Å². The Balaban J connectivity index is 2.03. The molecule has 9 heteroatoms. The molecule has 2 heterocycles. The van der Waals surface area contributed by atoms with E-state index in [4.69, 9.17) is 14.3 Å². The predicted octanol–water partition coefficient (Wildman–Crippen LogP) is 3.00. The quantitative estimate of drug-likeness (QED) is 0.501. The summed E-state index contributed by atoms with van der Waals surface area (Å²) in [6.45, 7) is 11.3. The number of alkyl halides is 2. The van der Waals surface area contributed by atoms with Gasteiger partial charge in [-0.2, -0.15) is 5.06 Å². The number of likely N-dealkylation sites (tertiary alicyclic amines) is 1. The first-order valence-corrected chi connectivity index (χ1v) is 9.33. The number of hydrogen-bond acceptors (Lipinski definition) is 6. The van der Waals surface area contributed by atoms with Crippen LogP contribution in [0.15, 0.2) is 12.7 Å². The van der Waals surface area contributed by atoms with Crippen LogP contribution in [0.5, 0.6) is 0 Å². The molecule has 0 radical (unpaired) electrons. The molecule has 0 aromatic carbocycles. The van der Waals surface area contributed by atoms with Crippen LogP contribution < -0.4 is 0 Å². The van der Waals surface area contributed by atoms with E-state index in [0.29, 0.717) is 0 Å². The van der Waals surface area contributed by atoms with Gasteiger partial charge in [0, 0.05) is 6.54 Å². The van der Waals surface area contributed by atoms with Gasteiger partial charge in [-0.1, -0.05) is 12.7 Å². The second-order valence-electron chi connectivity index (χ2n) is 8.84. The minimum absolute atomic E-state index is 0.0408. The van der Waals surface area contributed by atoms with E-state index in [1.807, 2.05) is 0 Å². The summed E-state index contributed by atoms with van der Waals surface area (Å²) in [4.78, 5) is 30.9. The molecule has 2 saturated heterocycles. The SMILES string of the molecule is C=CCOC(=O)C(C)(C)CCN1OC[C@@H]2[C@H]1C(F)(F)CN2C(=O)OC(C)(C)C. The molecular formula is C19H30F2N2O5. The van der Waals surface area contributed by atoms with E-state index in [0.717, 1.165) is 4.90 Å². The maximum Gasteiger partial charge on any atom is 0.410 e. The van der Waals surface area contributed by atoms with Gasteiger partial charge in [0.2, 0.25) is 0 Å². The van der Waals surface area contributed by atoms with Gasteiger partial charge in [-0.3, -0.25) is 14.5 Å².